The summed E-state index contributed by atoms with van der Waals surface area (Å²) in [5.74, 6) is -3.82. The number of nitrogens with one attached hydrogen (secondary N) is 1. The minimum absolute atomic E-state index is 0.00485. The van der Waals surface area contributed by atoms with E-state index in [1.807, 2.05) is 30.3 Å². The van der Waals surface area contributed by atoms with Gasteiger partial charge in [-0.2, -0.15) is 0 Å². The van der Waals surface area contributed by atoms with Crippen LogP contribution in [0.15, 0.2) is 36.4 Å². The van der Waals surface area contributed by atoms with Gasteiger partial charge in [0.2, 0.25) is 5.92 Å². The summed E-state index contributed by atoms with van der Waals surface area (Å²) in [6.45, 7) is 0.245. The minimum atomic E-state index is -2.60. The van der Waals surface area contributed by atoms with Crippen LogP contribution in [-0.4, -0.2) is 35.6 Å². The molecule has 2 aliphatic carbocycles. The Morgan fingerprint density at radius 3 is 2.44 bits per heavy atom. The number of carboxylic acids is 1. The summed E-state index contributed by atoms with van der Waals surface area (Å²) in [5, 5.41) is 14.0. The molecule has 2 aromatic carbocycles. The van der Waals surface area contributed by atoms with Crippen LogP contribution in [0.5, 0.6) is 5.75 Å². The molecule has 1 atom stereocenters. The van der Waals surface area contributed by atoms with E-state index in [1.165, 1.54) is 0 Å². The highest BCUT2D eigenvalue weighted by atomic mass is 19.3. The Labute approximate surface area is 186 Å². The zero-order valence-electron chi connectivity index (χ0n) is 18.0. The van der Waals surface area contributed by atoms with Gasteiger partial charge in [-0.3, -0.25) is 4.79 Å². The summed E-state index contributed by atoms with van der Waals surface area (Å²) in [7, 11) is 0. The average Bonchev–Trinajstić information content (AvgIpc) is 3.30. The number of aliphatic carboxylic acids is 1. The predicted molar refractivity (Wildman–Crippen MR) is 117 cm³/mol. The largest absolute Gasteiger partial charge is 0.492 e. The van der Waals surface area contributed by atoms with Gasteiger partial charge >= 0.3 is 5.97 Å². The van der Waals surface area contributed by atoms with E-state index in [0.29, 0.717) is 18.6 Å². The van der Waals surface area contributed by atoms with Crippen LogP contribution in [0.4, 0.5) is 8.78 Å². The molecule has 172 valence electrons. The Morgan fingerprint density at radius 2 is 1.75 bits per heavy atom. The van der Waals surface area contributed by atoms with Crippen molar-refractivity contribution in [1.82, 2.24) is 5.32 Å². The molecule has 5 nitrogen and oxygen atoms in total. The number of amides is 1. The molecule has 1 amide bonds. The zero-order chi connectivity index (χ0) is 22.7. The molecule has 0 spiro atoms. The molecule has 0 radical (unpaired) electrons. The fourth-order valence-corrected chi connectivity index (χ4v) is 4.94. The van der Waals surface area contributed by atoms with Gasteiger partial charge in [0.05, 0.1) is 12.2 Å². The highest BCUT2D eigenvalue weighted by molar-refractivity contribution is 6.04. The van der Waals surface area contributed by atoms with Crippen LogP contribution < -0.4 is 10.1 Å². The number of ether oxygens (including phenoxy) is 1. The summed E-state index contributed by atoms with van der Waals surface area (Å²) in [4.78, 5) is 25.0. The molecule has 0 aromatic heterocycles. The fourth-order valence-electron chi connectivity index (χ4n) is 4.94. The zero-order valence-corrected chi connectivity index (χ0v) is 18.0. The number of benzene rings is 2. The smallest absolute Gasteiger partial charge is 0.326 e. The van der Waals surface area contributed by atoms with E-state index in [9.17, 15) is 23.5 Å². The quantitative estimate of drug-likeness (QED) is 0.597. The van der Waals surface area contributed by atoms with Gasteiger partial charge in [-0.25, -0.2) is 13.6 Å². The Morgan fingerprint density at radius 1 is 1.06 bits per heavy atom. The molecule has 0 saturated heterocycles. The SMILES string of the molecule is O=C(N[C@H](C(=O)O)C1CCCC1)c1ccc2ccccc2c1OCC1CCC(F)(F)CC1. The monoisotopic (exact) mass is 445 g/mol. The van der Waals surface area contributed by atoms with E-state index in [4.69, 9.17) is 4.74 Å². The summed E-state index contributed by atoms with van der Waals surface area (Å²) < 4.78 is 33.1. The Balaban J connectivity index is 1.56. The molecule has 4 rings (SSSR count). The van der Waals surface area contributed by atoms with Crippen molar-refractivity contribution in [3.05, 3.63) is 42.0 Å². The van der Waals surface area contributed by atoms with Crippen molar-refractivity contribution in [2.75, 3.05) is 6.61 Å². The number of alkyl halides is 2. The maximum Gasteiger partial charge on any atom is 0.326 e. The van der Waals surface area contributed by atoms with E-state index in [1.54, 1.807) is 6.07 Å². The van der Waals surface area contributed by atoms with Crippen LogP contribution in [0.3, 0.4) is 0 Å². The number of carbonyl (C=O) groups is 2. The first kappa shape index (κ1) is 22.5. The Kier molecular flexibility index (Phi) is 6.63. The first-order valence-corrected chi connectivity index (χ1v) is 11.4. The second kappa shape index (κ2) is 9.43. The van der Waals surface area contributed by atoms with Gasteiger partial charge < -0.3 is 15.2 Å². The number of fused-ring (bicyclic) bond motifs is 1. The Bertz CT molecular complexity index is 977. The fraction of sp³-hybridized carbons (Fsp3) is 0.520. The van der Waals surface area contributed by atoms with E-state index < -0.39 is 23.8 Å². The van der Waals surface area contributed by atoms with Crippen molar-refractivity contribution in [2.24, 2.45) is 11.8 Å². The third kappa shape index (κ3) is 5.03. The van der Waals surface area contributed by atoms with Crippen molar-refractivity contribution >= 4 is 22.6 Å². The lowest BCUT2D eigenvalue weighted by Gasteiger charge is -2.28. The molecule has 2 N–H and O–H groups in total. The molecule has 0 unspecified atom stereocenters. The highest BCUT2D eigenvalue weighted by Gasteiger charge is 2.36. The number of halogens is 2. The first-order chi connectivity index (χ1) is 15.3. The minimum Gasteiger partial charge on any atom is -0.492 e. The van der Waals surface area contributed by atoms with Crippen molar-refractivity contribution in [3.8, 4) is 5.75 Å². The second-order valence-electron chi connectivity index (χ2n) is 9.11. The van der Waals surface area contributed by atoms with Crippen LogP contribution in [0.25, 0.3) is 10.8 Å². The summed E-state index contributed by atoms with van der Waals surface area (Å²) in [6, 6.07) is 10.0. The third-order valence-electron chi connectivity index (χ3n) is 6.85. The van der Waals surface area contributed by atoms with Crippen molar-refractivity contribution in [2.45, 2.75) is 63.3 Å². The summed E-state index contributed by atoms with van der Waals surface area (Å²) in [5.41, 5.74) is 0.272. The number of hydrogen-bond acceptors (Lipinski definition) is 3. The second-order valence-corrected chi connectivity index (χ2v) is 9.11. The summed E-state index contributed by atoms with van der Waals surface area (Å²) in [6.07, 6.45) is 3.96. The van der Waals surface area contributed by atoms with Gasteiger partial charge in [0.25, 0.3) is 5.91 Å². The van der Waals surface area contributed by atoms with E-state index in [0.717, 1.165) is 36.5 Å². The molecule has 2 saturated carbocycles. The van der Waals surface area contributed by atoms with Crippen LogP contribution in [0.2, 0.25) is 0 Å². The molecule has 2 aromatic rings. The van der Waals surface area contributed by atoms with E-state index in [-0.39, 0.29) is 36.8 Å². The lowest BCUT2D eigenvalue weighted by atomic mass is 9.87. The van der Waals surface area contributed by atoms with Gasteiger partial charge in [0, 0.05) is 18.2 Å². The molecule has 2 fully saturated rings. The van der Waals surface area contributed by atoms with Gasteiger partial charge in [0.1, 0.15) is 11.8 Å². The third-order valence-corrected chi connectivity index (χ3v) is 6.85. The van der Waals surface area contributed by atoms with Gasteiger partial charge in [-0.1, -0.05) is 43.2 Å². The average molecular weight is 446 g/mol. The molecule has 0 aliphatic heterocycles. The first-order valence-electron chi connectivity index (χ1n) is 11.4. The topological polar surface area (TPSA) is 75.6 Å². The summed E-state index contributed by atoms with van der Waals surface area (Å²) >= 11 is 0. The lowest BCUT2D eigenvalue weighted by Crippen LogP contribution is -2.45. The highest BCUT2D eigenvalue weighted by Crippen LogP contribution is 2.37. The molecular formula is C25H29F2NO4. The van der Waals surface area contributed by atoms with Crippen LogP contribution in [-0.2, 0) is 4.79 Å². The molecule has 0 bridgehead atoms. The van der Waals surface area contributed by atoms with Crippen LogP contribution >= 0.6 is 0 Å². The van der Waals surface area contributed by atoms with Crippen molar-refractivity contribution in [3.63, 3.8) is 0 Å². The number of carboxylic acid groups (broad SMARTS) is 1. The van der Waals surface area contributed by atoms with Gasteiger partial charge in [-0.15, -0.1) is 0 Å². The molecule has 7 heteroatoms. The maximum absolute atomic E-state index is 13.5. The molecule has 0 heterocycles. The van der Waals surface area contributed by atoms with Crippen molar-refractivity contribution < 1.29 is 28.2 Å². The van der Waals surface area contributed by atoms with Crippen molar-refractivity contribution in [1.29, 1.82) is 0 Å². The predicted octanol–water partition coefficient (Wildman–Crippen LogP) is 5.42. The number of carbonyl (C=O) groups excluding carboxylic acids is 1. The van der Waals surface area contributed by atoms with Gasteiger partial charge in [-0.05, 0) is 49.0 Å². The van der Waals surface area contributed by atoms with E-state index in [2.05, 4.69) is 5.32 Å². The lowest BCUT2D eigenvalue weighted by molar-refractivity contribution is -0.140. The molecule has 32 heavy (non-hydrogen) atoms. The number of hydrogen-bond donors (Lipinski definition) is 2. The normalized spacial score (nSPS) is 20.2. The molecule has 2 aliphatic rings. The van der Waals surface area contributed by atoms with Crippen LogP contribution in [0, 0.1) is 11.8 Å². The van der Waals surface area contributed by atoms with E-state index >= 15 is 0 Å². The number of rotatable bonds is 7. The Hall–Kier alpha value is -2.70. The van der Waals surface area contributed by atoms with Crippen LogP contribution in [0.1, 0.15) is 61.7 Å². The maximum atomic E-state index is 13.5. The van der Waals surface area contributed by atoms with Gasteiger partial charge in [0.15, 0.2) is 0 Å². The standard InChI is InChI=1S/C25H29F2NO4/c26-25(27)13-11-16(12-14-25)15-32-22-19-8-4-3-5-17(19)9-10-20(22)23(29)28-21(24(30)31)18-6-1-2-7-18/h3-5,8-10,16,18,21H,1-2,6-7,11-15H2,(H,28,29)(H,30,31)/t21-/m0/s1. The molecular weight excluding hydrogens is 416 g/mol.